The van der Waals surface area contributed by atoms with E-state index >= 15 is 0 Å². The Labute approximate surface area is 193 Å². The van der Waals surface area contributed by atoms with Crippen LogP contribution in [0.15, 0.2) is 18.3 Å². The summed E-state index contributed by atoms with van der Waals surface area (Å²) in [6.07, 6.45) is 4.07. The molecule has 3 heterocycles. The minimum atomic E-state index is -0.113. The van der Waals surface area contributed by atoms with E-state index in [1.807, 2.05) is 10.7 Å². The van der Waals surface area contributed by atoms with Crippen molar-refractivity contribution in [1.82, 2.24) is 20.1 Å². The van der Waals surface area contributed by atoms with Crippen LogP contribution in [-0.2, 0) is 0 Å². The molecule has 4 rings (SSSR count). The topological polar surface area (TPSA) is 85.8 Å². The molecule has 3 aromatic rings. The molecule has 3 N–H and O–H groups in total. The maximum atomic E-state index is 13.0. The summed E-state index contributed by atoms with van der Waals surface area (Å²) in [4.78, 5) is 20.3. The number of fused-ring (bicyclic) bond motifs is 1. The zero-order chi connectivity index (χ0) is 20.0. The molecule has 1 aliphatic carbocycles. The summed E-state index contributed by atoms with van der Waals surface area (Å²) >= 11 is 1.74. The van der Waals surface area contributed by atoms with Crippen molar-refractivity contribution in [3.8, 4) is 11.3 Å². The van der Waals surface area contributed by atoms with Gasteiger partial charge in [0.2, 0.25) is 0 Å². The molecule has 0 bridgehead atoms. The number of rotatable bonds is 6. The Balaban J connectivity index is 0.00000160. The lowest BCUT2D eigenvalue weighted by Crippen LogP contribution is -2.38. The van der Waals surface area contributed by atoms with Gasteiger partial charge >= 0.3 is 0 Å². The number of aromatic nitrogens is 3. The molecule has 3 aromatic heterocycles. The van der Waals surface area contributed by atoms with Gasteiger partial charge in [0.25, 0.3) is 5.91 Å². The predicted octanol–water partition coefficient (Wildman–Crippen LogP) is 4.67. The SMILES string of the molecule is Cc1cc(-c2cc(C(=O)NCC(N)C3CC3)c3cnn(C(C)C)c3n2)c(C)s1.Cl.Cl. The van der Waals surface area contributed by atoms with Crippen LogP contribution < -0.4 is 11.1 Å². The number of nitrogens with one attached hydrogen (secondary N) is 1. The molecule has 1 unspecified atom stereocenters. The van der Waals surface area contributed by atoms with Crippen molar-refractivity contribution in [1.29, 1.82) is 0 Å². The normalized spacial score (nSPS) is 14.3. The highest BCUT2D eigenvalue weighted by molar-refractivity contribution is 7.12. The fraction of sp³-hybridized carbons (Fsp3) is 0.476. The summed E-state index contributed by atoms with van der Waals surface area (Å²) in [7, 11) is 0. The first-order valence-electron chi connectivity index (χ1n) is 9.84. The molecule has 30 heavy (non-hydrogen) atoms. The smallest absolute Gasteiger partial charge is 0.252 e. The lowest BCUT2D eigenvalue weighted by Gasteiger charge is -2.13. The summed E-state index contributed by atoms with van der Waals surface area (Å²) in [6.45, 7) is 8.81. The highest BCUT2D eigenvalue weighted by Crippen LogP contribution is 2.33. The number of carbonyl (C=O) groups excluding carboxylic acids is 1. The second kappa shape index (κ2) is 9.64. The molecule has 0 aliphatic heterocycles. The van der Waals surface area contributed by atoms with Gasteiger partial charge in [-0.05, 0) is 58.6 Å². The van der Waals surface area contributed by atoms with Crippen LogP contribution in [-0.4, -0.2) is 33.3 Å². The van der Waals surface area contributed by atoms with Crippen LogP contribution in [0.3, 0.4) is 0 Å². The Morgan fingerprint density at radius 2 is 2.00 bits per heavy atom. The van der Waals surface area contributed by atoms with E-state index in [9.17, 15) is 4.79 Å². The third-order valence-corrected chi connectivity index (χ3v) is 6.31. The first kappa shape index (κ1) is 24.6. The van der Waals surface area contributed by atoms with E-state index in [4.69, 9.17) is 10.7 Å². The number of nitrogens with two attached hydrogens (primary N) is 1. The molecule has 0 aromatic carbocycles. The zero-order valence-electron chi connectivity index (χ0n) is 17.6. The molecule has 0 spiro atoms. The number of nitrogens with zero attached hydrogens (tertiary/aromatic N) is 3. The summed E-state index contributed by atoms with van der Waals surface area (Å²) in [5.74, 6) is 0.436. The molecule has 1 fully saturated rings. The van der Waals surface area contributed by atoms with E-state index in [0.717, 1.165) is 22.3 Å². The van der Waals surface area contributed by atoms with Gasteiger partial charge in [0.15, 0.2) is 5.65 Å². The third-order valence-electron chi connectivity index (χ3n) is 5.34. The average Bonchev–Trinajstić information content (AvgIpc) is 3.32. The minimum Gasteiger partial charge on any atom is -0.350 e. The standard InChI is InChI=1S/C21H27N5OS.2ClH/c1-11(2)26-20-17(9-24-26)16(21(27)23-10-18(22)14-5-6-14)8-19(25-20)15-7-12(3)28-13(15)4;;/h7-9,11,14,18H,5-6,10,22H2,1-4H3,(H,23,27);2*1H. The average molecular weight is 470 g/mol. The number of carbonyl (C=O) groups is 1. The van der Waals surface area contributed by atoms with Crippen molar-refractivity contribution >= 4 is 53.1 Å². The summed E-state index contributed by atoms with van der Waals surface area (Å²) in [5, 5.41) is 8.29. The van der Waals surface area contributed by atoms with Crippen LogP contribution in [0.25, 0.3) is 22.3 Å². The number of thiophene rings is 1. The fourth-order valence-corrected chi connectivity index (χ4v) is 4.54. The van der Waals surface area contributed by atoms with Crippen LogP contribution in [0.4, 0.5) is 0 Å². The van der Waals surface area contributed by atoms with Gasteiger partial charge in [0.1, 0.15) is 0 Å². The van der Waals surface area contributed by atoms with Crippen molar-refractivity contribution in [3.05, 3.63) is 33.6 Å². The maximum absolute atomic E-state index is 13.0. The van der Waals surface area contributed by atoms with Crippen molar-refractivity contribution in [3.63, 3.8) is 0 Å². The maximum Gasteiger partial charge on any atom is 0.252 e. The second-order valence-electron chi connectivity index (χ2n) is 8.01. The Morgan fingerprint density at radius 1 is 1.30 bits per heavy atom. The van der Waals surface area contributed by atoms with Crippen molar-refractivity contribution in [2.45, 2.75) is 52.6 Å². The molecule has 1 atom stereocenters. The molecule has 6 nitrogen and oxygen atoms in total. The number of pyridine rings is 1. The number of hydrogen-bond donors (Lipinski definition) is 2. The lowest BCUT2D eigenvalue weighted by atomic mass is 10.1. The molecule has 164 valence electrons. The van der Waals surface area contributed by atoms with Gasteiger partial charge in [0.05, 0.1) is 22.8 Å². The first-order valence-corrected chi connectivity index (χ1v) is 10.7. The van der Waals surface area contributed by atoms with Gasteiger partial charge in [-0.3, -0.25) is 4.79 Å². The van der Waals surface area contributed by atoms with Crippen molar-refractivity contribution < 1.29 is 4.79 Å². The molecule has 9 heteroatoms. The van der Waals surface area contributed by atoms with E-state index < -0.39 is 0 Å². The number of aryl methyl sites for hydroxylation is 2. The van der Waals surface area contributed by atoms with Gasteiger partial charge in [-0.15, -0.1) is 36.2 Å². The van der Waals surface area contributed by atoms with Gasteiger partial charge in [-0.2, -0.15) is 5.10 Å². The second-order valence-corrected chi connectivity index (χ2v) is 9.47. The molecule has 1 amide bonds. The lowest BCUT2D eigenvalue weighted by molar-refractivity contribution is 0.0952. The Hall–Kier alpha value is -1.67. The van der Waals surface area contributed by atoms with Gasteiger partial charge in [-0.1, -0.05) is 0 Å². The molecule has 1 aliphatic rings. The van der Waals surface area contributed by atoms with Crippen molar-refractivity contribution in [2.24, 2.45) is 11.7 Å². The van der Waals surface area contributed by atoms with Crippen LogP contribution in [0.1, 0.15) is 52.8 Å². The van der Waals surface area contributed by atoms with Crippen LogP contribution in [0, 0.1) is 19.8 Å². The minimum absolute atomic E-state index is 0. The Kier molecular flexibility index (Phi) is 7.91. The molecule has 0 radical (unpaired) electrons. The highest BCUT2D eigenvalue weighted by Gasteiger charge is 2.29. The Bertz CT molecular complexity index is 1040. The zero-order valence-corrected chi connectivity index (χ0v) is 20.1. The third kappa shape index (κ3) is 4.80. The van der Waals surface area contributed by atoms with Gasteiger partial charge < -0.3 is 11.1 Å². The predicted molar refractivity (Wildman–Crippen MR) is 128 cm³/mol. The highest BCUT2D eigenvalue weighted by atomic mass is 35.5. The number of amides is 1. The monoisotopic (exact) mass is 469 g/mol. The molecule has 0 saturated heterocycles. The van der Waals surface area contributed by atoms with E-state index in [2.05, 4.69) is 44.2 Å². The Morgan fingerprint density at radius 3 is 2.57 bits per heavy atom. The summed E-state index contributed by atoms with van der Waals surface area (Å²) < 4.78 is 1.88. The fourth-order valence-electron chi connectivity index (χ4n) is 3.60. The van der Waals surface area contributed by atoms with Crippen molar-refractivity contribution in [2.75, 3.05) is 6.54 Å². The number of hydrogen-bond acceptors (Lipinski definition) is 5. The number of halogens is 2. The first-order chi connectivity index (χ1) is 13.3. The molecular formula is C21H29Cl2N5OS. The van der Waals surface area contributed by atoms with E-state index in [0.29, 0.717) is 18.0 Å². The van der Waals surface area contributed by atoms with E-state index in [-0.39, 0.29) is 42.8 Å². The molecule has 1 saturated carbocycles. The van der Waals surface area contributed by atoms with Gasteiger partial charge in [0, 0.05) is 33.9 Å². The summed E-state index contributed by atoms with van der Waals surface area (Å²) in [5.41, 5.74) is 9.40. The van der Waals surface area contributed by atoms with Crippen LogP contribution in [0.5, 0.6) is 0 Å². The van der Waals surface area contributed by atoms with E-state index in [1.165, 1.54) is 22.6 Å². The quantitative estimate of drug-likeness (QED) is 0.548. The molecular weight excluding hydrogens is 441 g/mol. The van der Waals surface area contributed by atoms with E-state index in [1.54, 1.807) is 17.5 Å². The summed E-state index contributed by atoms with van der Waals surface area (Å²) in [6, 6.07) is 4.21. The van der Waals surface area contributed by atoms with Gasteiger partial charge in [-0.25, -0.2) is 9.67 Å². The van der Waals surface area contributed by atoms with Crippen LogP contribution >= 0.6 is 36.2 Å². The largest absolute Gasteiger partial charge is 0.350 e. The van der Waals surface area contributed by atoms with Crippen LogP contribution in [0.2, 0.25) is 0 Å².